The summed E-state index contributed by atoms with van der Waals surface area (Å²) < 4.78 is 0. The summed E-state index contributed by atoms with van der Waals surface area (Å²) in [4.78, 5) is 18.4. The van der Waals surface area contributed by atoms with E-state index in [4.69, 9.17) is 0 Å². The van der Waals surface area contributed by atoms with E-state index >= 15 is 0 Å². The Morgan fingerprint density at radius 2 is 2.29 bits per heavy atom. The van der Waals surface area contributed by atoms with Crippen LogP contribution in [0.25, 0.3) is 11.3 Å². The van der Waals surface area contributed by atoms with Crippen molar-refractivity contribution >= 4 is 33.7 Å². The number of hydrogen-bond acceptors (Lipinski definition) is 4. The number of carbonyl (C=O) groups excluding carboxylic acids is 1. The number of nitrogens with zero attached hydrogens (tertiary/aromatic N) is 1. The van der Waals surface area contributed by atoms with Gasteiger partial charge < -0.3 is 0 Å². The molecular weight excluding hydrogens is 252 g/mol. The minimum atomic E-state index is -0.207. The molecule has 2 aromatic heterocycles. The van der Waals surface area contributed by atoms with Gasteiger partial charge in [-0.05, 0) is 30.4 Å². The number of rotatable bonds is 2. The zero-order chi connectivity index (χ0) is 11.8. The number of fused-ring (bicyclic) bond motifs is 3. The van der Waals surface area contributed by atoms with Crippen molar-refractivity contribution in [2.24, 2.45) is 0 Å². The van der Waals surface area contributed by atoms with E-state index in [0.717, 1.165) is 18.5 Å². The number of aryl methyl sites for hydroxylation is 2. The Morgan fingerprint density at radius 1 is 1.47 bits per heavy atom. The van der Waals surface area contributed by atoms with Gasteiger partial charge in [0.2, 0.25) is 5.91 Å². The van der Waals surface area contributed by atoms with Crippen molar-refractivity contribution in [3.8, 4) is 11.3 Å². The fourth-order valence-electron chi connectivity index (χ4n) is 1.91. The molecule has 0 unspecified atom stereocenters. The van der Waals surface area contributed by atoms with E-state index < -0.39 is 0 Å². The van der Waals surface area contributed by atoms with E-state index in [1.54, 1.807) is 22.7 Å². The molecule has 0 saturated carbocycles. The Hall–Kier alpha value is -1.46. The maximum absolute atomic E-state index is 11.2. The first kappa shape index (κ1) is 10.7. The van der Waals surface area contributed by atoms with E-state index in [1.165, 1.54) is 21.4 Å². The molecule has 0 fully saturated rings. The molecule has 2 heterocycles. The summed E-state index contributed by atoms with van der Waals surface area (Å²) in [5, 5.41) is 5.49. The molecule has 86 valence electrons. The minimum Gasteiger partial charge on any atom is -0.298 e. The molecule has 3 rings (SSSR count). The fourth-order valence-corrected chi connectivity index (χ4v) is 3.77. The Balaban J connectivity index is 1.99. The van der Waals surface area contributed by atoms with Crippen molar-refractivity contribution in [2.75, 3.05) is 5.32 Å². The molecule has 5 heteroatoms. The third-order valence-electron chi connectivity index (χ3n) is 2.69. The molecule has 0 aromatic carbocycles. The topological polar surface area (TPSA) is 42.0 Å². The highest BCUT2D eigenvalue weighted by Gasteiger charge is 2.21. The highest BCUT2D eigenvalue weighted by molar-refractivity contribution is 7.16. The lowest BCUT2D eigenvalue weighted by molar-refractivity contribution is -0.111. The summed E-state index contributed by atoms with van der Waals surface area (Å²) in [7, 11) is 0. The smallest absolute Gasteiger partial charge is 0.249 e. The number of carbonyl (C=O) groups is 1. The summed E-state index contributed by atoms with van der Waals surface area (Å²) in [6, 6.07) is 2.11. The first-order valence-corrected chi connectivity index (χ1v) is 6.97. The van der Waals surface area contributed by atoms with Crippen LogP contribution >= 0.6 is 22.7 Å². The SMILES string of the molecule is C=CC(=O)Nc1nc2c(s1)CCc1sccc1-2. The number of hydrogen-bond donors (Lipinski definition) is 1. The number of thiazole rings is 1. The van der Waals surface area contributed by atoms with Gasteiger partial charge in [-0.1, -0.05) is 6.58 Å². The molecule has 0 radical (unpaired) electrons. The van der Waals surface area contributed by atoms with Gasteiger partial charge in [-0.15, -0.1) is 22.7 Å². The van der Waals surface area contributed by atoms with Crippen molar-refractivity contribution in [3.63, 3.8) is 0 Å². The number of amides is 1. The van der Waals surface area contributed by atoms with Crippen LogP contribution in [-0.4, -0.2) is 10.9 Å². The Kier molecular flexibility index (Phi) is 2.57. The molecule has 0 aliphatic heterocycles. The molecule has 1 amide bonds. The van der Waals surface area contributed by atoms with E-state index in [2.05, 4.69) is 28.3 Å². The van der Waals surface area contributed by atoms with Gasteiger partial charge in [0.15, 0.2) is 5.13 Å². The average Bonchev–Trinajstić information content (AvgIpc) is 2.92. The second kappa shape index (κ2) is 4.09. The molecule has 0 saturated heterocycles. The number of nitrogens with one attached hydrogen (secondary N) is 1. The van der Waals surface area contributed by atoms with Crippen LogP contribution in [0.2, 0.25) is 0 Å². The van der Waals surface area contributed by atoms with Gasteiger partial charge in [0.05, 0.1) is 5.69 Å². The van der Waals surface area contributed by atoms with E-state index in [0.29, 0.717) is 5.13 Å². The Labute approximate surface area is 107 Å². The predicted octanol–water partition coefficient (Wildman–Crippen LogP) is 3.09. The van der Waals surface area contributed by atoms with Crippen LogP contribution in [0.5, 0.6) is 0 Å². The molecule has 1 aliphatic rings. The van der Waals surface area contributed by atoms with E-state index in [9.17, 15) is 4.79 Å². The summed E-state index contributed by atoms with van der Waals surface area (Å²) >= 11 is 3.34. The quantitative estimate of drug-likeness (QED) is 0.845. The largest absolute Gasteiger partial charge is 0.298 e. The Morgan fingerprint density at radius 3 is 3.12 bits per heavy atom. The second-order valence-electron chi connectivity index (χ2n) is 3.74. The summed E-state index contributed by atoms with van der Waals surface area (Å²) in [5.74, 6) is -0.207. The summed E-state index contributed by atoms with van der Waals surface area (Å²) in [6.45, 7) is 3.43. The monoisotopic (exact) mass is 262 g/mol. The molecule has 2 aromatic rings. The van der Waals surface area contributed by atoms with Gasteiger partial charge in [0.25, 0.3) is 0 Å². The van der Waals surface area contributed by atoms with Crippen molar-refractivity contribution in [2.45, 2.75) is 12.8 Å². The van der Waals surface area contributed by atoms with Gasteiger partial charge in [0.1, 0.15) is 0 Å². The molecule has 1 N–H and O–H groups in total. The van der Waals surface area contributed by atoms with Crippen LogP contribution in [-0.2, 0) is 17.6 Å². The molecule has 0 atom stereocenters. The highest BCUT2D eigenvalue weighted by Crippen LogP contribution is 2.40. The molecular formula is C12H10N2OS2. The van der Waals surface area contributed by atoms with Crippen molar-refractivity contribution in [3.05, 3.63) is 33.9 Å². The maximum atomic E-state index is 11.2. The Bertz CT molecular complexity index is 597. The zero-order valence-corrected chi connectivity index (χ0v) is 10.7. The molecule has 17 heavy (non-hydrogen) atoms. The first-order valence-electron chi connectivity index (χ1n) is 5.28. The lowest BCUT2D eigenvalue weighted by atomic mass is 10.0. The van der Waals surface area contributed by atoms with Crippen LogP contribution in [0.3, 0.4) is 0 Å². The number of thiophene rings is 1. The van der Waals surface area contributed by atoms with Crippen LogP contribution in [0.4, 0.5) is 5.13 Å². The normalized spacial score (nSPS) is 12.7. The number of aromatic nitrogens is 1. The third-order valence-corrected chi connectivity index (χ3v) is 4.70. The fraction of sp³-hybridized carbons (Fsp3) is 0.167. The van der Waals surface area contributed by atoms with Gasteiger partial charge in [-0.25, -0.2) is 4.98 Å². The molecule has 1 aliphatic carbocycles. The standard InChI is InChI=1S/C12H10N2OS2/c1-2-10(15)13-12-14-11-7-5-6-16-8(7)3-4-9(11)17-12/h2,5-6H,1,3-4H2,(H,13,14,15). The highest BCUT2D eigenvalue weighted by atomic mass is 32.1. The lowest BCUT2D eigenvalue weighted by Crippen LogP contribution is -2.06. The van der Waals surface area contributed by atoms with Crippen LogP contribution in [0, 0.1) is 0 Å². The molecule has 0 spiro atoms. The van der Waals surface area contributed by atoms with Crippen molar-refractivity contribution in [1.82, 2.24) is 4.98 Å². The van der Waals surface area contributed by atoms with Gasteiger partial charge >= 0.3 is 0 Å². The second-order valence-corrected chi connectivity index (χ2v) is 5.83. The van der Waals surface area contributed by atoms with Gasteiger partial charge in [-0.3, -0.25) is 10.1 Å². The molecule has 3 nitrogen and oxygen atoms in total. The van der Waals surface area contributed by atoms with Gasteiger partial charge in [-0.2, -0.15) is 0 Å². The minimum absolute atomic E-state index is 0.207. The van der Waals surface area contributed by atoms with Crippen molar-refractivity contribution in [1.29, 1.82) is 0 Å². The number of anilines is 1. The third kappa shape index (κ3) is 1.81. The molecule has 0 bridgehead atoms. The van der Waals surface area contributed by atoms with Gasteiger partial charge in [0, 0.05) is 15.3 Å². The van der Waals surface area contributed by atoms with E-state index in [1.807, 2.05) is 0 Å². The first-order chi connectivity index (χ1) is 8.28. The van der Waals surface area contributed by atoms with Crippen LogP contribution in [0.15, 0.2) is 24.1 Å². The van der Waals surface area contributed by atoms with Crippen molar-refractivity contribution < 1.29 is 4.79 Å². The van der Waals surface area contributed by atoms with Crippen LogP contribution in [0.1, 0.15) is 9.75 Å². The zero-order valence-electron chi connectivity index (χ0n) is 9.03. The maximum Gasteiger partial charge on any atom is 0.249 e. The lowest BCUT2D eigenvalue weighted by Gasteiger charge is -2.08. The predicted molar refractivity (Wildman–Crippen MR) is 71.7 cm³/mol. The summed E-state index contributed by atoms with van der Waals surface area (Å²) in [6.07, 6.45) is 3.36. The van der Waals surface area contributed by atoms with E-state index in [-0.39, 0.29) is 5.91 Å². The van der Waals surface area contributed by atoms with Crippen LogP contribution < -0.4 is 5.32 Å². The average molecular weight is 262 g/mol. The summed E-state index contributed by atoms with van der Waals surface area (Å²) in [5.41, 5.74) is 2.27.